The highest BCUT2D eigenvalue weighted by atomic mass is 14.9. The lowest BCUT2D eigenvalue weighted by molar-refractivity contribution is 1.10. The molecule has 1 rings (SSSR count). The third-order valence-corrected chi connectivity index (χ3v) is 0.881. The quantitative estimate of drug-likeness (QED) is 0.503. The van der Waals surface area contributed by atoms with Gasteiger partial charge in [-0.2, -0.15) is 10.5 Å². The second-order valence-corrected chi connectivity index (χ2v) is 1.52. The van der Waals surface area contributed by atoms with Crippen LogP contribution in [0.25, 0.3) is 0 Å². The molecule has 0 N–H and O–H groups in total. The zero-order valence-corrected chi connectivity index (χ0v) is 4.94. The smallest absolute Gasteiger partial charge is 0.226 e. The van der Waals surface area contributed by atoms with Crippen LogP contribution in [-0.4, -0.2) is 9.97 Å². The van der Waals surface area contributed by atoms with Gasteiger partial charge >= 0.3 is 0 Å². The Morgan fingerprint density at radius 2 is 1.70 bits per heavy atom. The minimum atomic E-state index is 0.0824. The van der Waals surface area contributed by atoms with E-state index >= 15 is 0 Å². The Balaban J connectivity index is 3.08. The summed E-state index contributed by atoms with van der Waals surface area (Å²) in [6.45, 7) is 0. The van der Waals surface area contributed by atoms with Gasteiger partial charge in [0.2, 0.25) is 5.82 Å². The number of rotatable bonds is 0. The Kier molecular flexibility index (Phi) is 1.58. The molecule has 1 aromatic rings. The largest absolute Gasteiger partial charge is 0.232 e. The molecule has 4 nitrogen and oxygen atoms in total. The van der Waals surface area contributed by atoms with Crippen molar-refractivity contribution in [2.24, 2.45) is 0 Å². The minimum absolute atomic E-state index is 0.0824. The zero-order valence-electron chi connectivity index (χ0n) is 4.94. The Bertz CT molecular complexity index is 267. The van der Waals surface area contributed by atoms with Crippen LogP contribution in [0.4, 0.5) is 0 Å². The van der Waals surface area contributed by atoms with Gasteiger partial charge in [-0.3, -0.25) is 0 Å². The Labute approximate surface area is 57.4 Å². The molecule has 0 bridgehead atoms. The molecule has 0 atom stereocenters. The van der Waals surface area contributed by atoms with Crippen LogP contribution < -0.4 is 0 Å². The fourth-order valence-corrected chi connectivity index (χ4v) is 0.444. The van der Waals surface area contributed by atoms with Crippen LogP contribution in [0.5, 0.6) is 0 Å². The molecule has 10 heavy (non-hydrogen) atoms. The van der Waals surface area contributed by atoms with Gasteiger partial charge in [0.25, 0.3) is 0 Å². The Morgan fingerprint density at radius 3 is 2.10 bits per heavy atom. The summed E-state index contributed by atoms with van der Waals surface area (Å²) in [4.78, 5) is 7.15. The van der Waals surface area contributed by atoms with Crippen LogP contribution in [0.2, 0.25) is 0 Å². The van der Waals surface area contributed by atoms with Gasteiger partial charge in [-0.05, 0) is 0 Å². The van der Waals surface area contributed by atoms with Crippen molar-refractivity contribution in [2.75, 3.05) is 0 Å². The van der Waals surface area contributed by atoms with Crippen molar-refractivity contribution in [1.82, 2.24) is 9.97 Å². The number of hydrogen-bond acceptors (Lipinski definition) is 4. The molecule has 0 aliphatic carbocycles. The van der Waals surface area contributed by atoms with Crippen molar-refractivity contribution < 1.29 is 0 Å². The van der Waals surface area contributed by atoms with Gasteiger partial charge in [-0.1, -0.05) is 0 Å². The van der Waals surface area contributed by atoms with Crippen LogP contribution in [0.1, 0.15) is 11.4 Å². The first-order valence-corrected chi connectivity index (χ1v) is 2.49. The standard InChI is InChI=1S/C6H2N4/c7-1-5-3-9-6(2-8)10-4-5/h3-4H. The first-order chi connectivity index (χ1) is 4.86. The van der Waals surface area contributed by atoms with E-state index in [0.717, 1.165) is 0 Å². The summed E-state index contributed by atoms with van der Waals surface area (Å²) in [7, 11) is 0. The van der Waals surface area contributed by atoms with Crippen LogP contribution >= 0.6 is 0 Å². The first-order valence-electron chi connectivity index (χ1n) is 2.49. The molecule has 0 saturated heterocycles. The van der Waals surface area contributed by atoms with E-state index in [0.29, 0.717) is 5.56 Å². The molecule has 0 aliphatic rings. The van der Waals surface area contributed by atoms with Gasteiger partial charge in [0.05, 0.1) is 5.56 Å². The Morgan fingerprint density at radius 1 is 1.10 bits per heavy atom. The van der Waals surface area contributed by atoms with Gasteiger partial charge in [0, 0.05) is 12.4 Å². The second kappa shape index (κ2) is 2.56. The summed E-state index contributed by atoms with van der Waals surface area (Å²) < 4.78 is 0. The normalized spacial score (nSPS) is 7.80. The van der Waals surface area contributed by atoms with E-state index < -0.39 is 0 Å². The number of hydrogen-bond donors (Lipinski definition) is 0. The van der Waals surface area contributed by atoms with Crippen molar-refractivity contribution in [2.45, 2.75) is 0 Å². The third-order valence-electron chi connectivity index (χ3n) is 0.881. The van der Waals surface area contributed by atoms with Crippen molar-refractivity contribution in [3.05, 3.63) is 23.8 Å². The highest BCUT2D eigenvalue weighted by Gasteiger charge is 1.92. The molecule has 0 radical (unpaired) electrons. The highest BCUT2D eigenvalue weighted by Crippen LogP contribution is 1.90. The summed E-state index contributed by atoms with van der Waals surface area (Å²) in [5.41, 5.74) is 0.360. The predicted octanol–water partition coefficient (Wildman–Crippen LogP) is 0.220. The van der Waals surface area contributed by atoms with Crippen LogP contribution in [0.15, 0.2) is 12.4 Å². The fourth-order valence-electron chi connectivity index (χ4n) is 0.444. The maximum Gasteiger partial charge on any atom is 0.232 e. The molecule has 0 aromatic carbocycles. The van der Waals surface area contributed by atoms with E-state index in [9.17, 15) is 0 Å². The Hall–Kier alpha value is -1.94. The van der Waals surface area contributed by atoms with Gasteiger partial charge < -0.3 is 0 Å². The lowest BCUT2D eigenvalue weighted by atomic mass is 10.4. The van der Waals surface area contributed by atoms with Gasteiger partial charge in [0.1, 0.15) is 12.1 Å². The molecule has 0 saturated carbocycles. The zero-order chi connectivity index (χ0) is 7.40. The van der Waals surface area contributed by atoms with Crippen molar-refractivity contribution in [3.8, 4) is 12.1 Å². The second-order valence-electron chi connectivity index (χ2n) is 1.52. The average molecular weight is 130 g/mol. The molecule has 4 heteroatoms. The summed E-state index contributed by atoms with van der Waals surface area (Å²) in [5.74, 6) is 0.0824. The van der Waals surface area contributed by atoms with Crippen LogP contribution in [0, 0.1) is 22.7 Å². The molecule has 1 aromatic heterocycles. The summed E-state index contributed by atoms with van der Waals surface area (Å²) >= 11 is 0. The fraction of sp³-hybridized carbons (Fsp3) is 0. The molecule has 0 amide bonds. The minimum Gasteiger partial charge on any atom is -0.226 e. The van der Waals surface area contributed by atoms with Gasteiger partial charge in [-0.25, -0.2) is 9.97 Å². The molecule has 0 spiro atoms. The maximum atomic E-state index is 8.29. The monoisotopic (exact) mass is 130 g/mol. The van der Waals surface area contributed by atoms with E-state index in [2.05, 4.69) is 9.97 Å². The predicted molar refractivity (Wildman–Crippen MR) is 31.5 cm³/mol. The number of nitrogens with zero attached hydrogens (tertiary/aromatic N) is 4. The topological polar surface area (TPSA) is 73.4 Å². The average Bonchev–Trinajstić information content (AvgIpc) is 2.05. The molecular formula is C6H2N4. The summed E-state index contributed by atoms with van der Waals surface area (Å²) in [6.07, 6.45) is 2.62. The lowest BCUT2D eigenvalue weighted by Crippen LogP contribution is -1.87. The molecule has 1 heterocycles. The molecular weight excluding hydrogens is 128 g/mol. The maximum absolute atomic E-state index is 8.29. The number of aromatic nitrogens is 2. The van der Waals surface area contributed by atoms with Crippen LogP contribution in [0.3, 0.4) is 0 Å². The van der Waals surface area contributed by atoms with Crippen LogP contribution in [-0.2, 0) is 0 Å². The van der Waals surface area contributed by atoms with Gasteiger partial charge in [0.15, 0.2) is 0 Å². The van der Waals surface area contributed by atoms with E-state index in [1.807, 2.05) is 6.07 Å². The first kappa shape index (κ1) is 6.18. The van der Waals surface area contributed by atoms with Crippen molar-refractivity contribution in [1.29, 1.82) is 10.5 Å². The van der Waals surface area contributed by atoms with E-state index in [1.165, 1.54) is 12.4 Å². The lowest BCUT2D eigenvalue weighted by Gasteiger charge is -1.84. The summed E-state index contributed by atoms with van der Waals surface area (Å²) in [5, 5.41) is 16.5. The van der Waals surface area contributed by atoms with Crippen molar-refractivity contribution >= 4 is 0 Å². The summed E-state index contributed by atoms with van der Waals surface area (Å²) in [6, 6.07) is 3.59. The molecule has 0 aliphatic heterocycles. The number of nitriles is 2. The SMILES string of the molecule is N#Cc1cnc(C#N)nc1. The molecule has 46 valence electrons. The van der Waals surface area contributed by atoms with E-state index in [-0.39, 0.29) is 5.82 Å². The molecule has 0 fully saturated rings. The highest BCUT2D eigenvalue weighted by molar-refractivity contribution is 5.23. The van der Waals surface area contributed by atoms with Crippen molar-refractivity contribution in [3.63, 3.8) is 0 Å². The third kappa shape index (κ3) is 1.07. The van der Waals surface area contributed by atoms with Gasteiger partial charge in [-0.15, -0.1) is 0 Å². The van der Waals surface area contributed by atoms with E-state index in [1.54, 1.807) is 6.07 Å². The van der Waals surface area contributed by atoms with E-state index in [4.69, 9.17) is 10.5 Å². The molecule has 0 unspecified atom stereocenters.